The molecule has 9 heteroatoms. The summed E-state index contributed by atoms with van der Waals surface area (Å²) >= 11 is 4.86. The number of aromatic nitrogens is 4. The third-order valence-electron chi connectivity index (χ3n) is 5.16. The highest BCUT2D eigenvalue weighted by atomic mass is 32.2. The molecule has 6 nitrogen and oxygen atoms in total. The van der Waals surface area contributed by atoms with Gasteiger partial charge in [-0.1, -0.05) is 30.0 Å². The number of H-pyrrole nitrogens is 1. The number of thioether (sulfide) groups is 1. The fourth-order valence-corrected chi connectivity index (χ4v) is 6.90. The van der Waals surface area contributed by atoms with Gasteiger partial charge in [0.05, 0.1) is 10.6 Å². The van der Waals surface area contributed by atoms with Gasteiger partial charge in [0.15, 0.2) is 4.34 Å². The van der Waals surface area contributed by atoms with Crippen molar-refractivity contribution in [1.82, 2.24) is 20.2 Å². The van der Waals surface area contributed by atoms with Crippen molar-refractivity contribution in [3.8, 4) is 0 Å². The number of anilines is 1. The minimum absolute atomic E-state index is 0.00264. The van der Waals surface area contributed by atoms with Crippen LogP contribution in [-0.4, -0.2) is 26.2 Å². The predicted octanol–water partition coefficient (Wildman–Crippen LogP) is 4.39. The number of rotatable bonds is 5. The van der Waals surface area contributed by atoms with Gasteiger partial charge in [0, 0.05) is 10.9 Å². The summed E-state index contributed by atoms with van der Waals surface area (Å²) in [5.41, 5.74) is 1.23. The number of aromatic amines is 1. The van der Waals surface area contributed by atoms with E-state index in [-0.39, 0.29) is 10.8 Å². The van der Waals surface area contributed by atoms with Gasteiger partial charge in [-0.25, -0.2) is 4.98 Å². The van der Waals surface area contributed by atoms with E-state index >= 15 is 0 Å². The molecule has 0 amide bonds. The molecule has 0 aliphatic heterocycles. The van der Waals surface area contributed by atoms with Crippen LogP contribution in [0, 0.1) is 5.92 Å². The van der Waals surface area contributed by atoms with Gasteiger partial charge in [0.25, 0.3) is 5.56 Å². The summed E-state index contributed by atoms with van der Waals surface area (Å²) in [5.74, 6) is 1.41. The molecule has 3 heterocycles. The van der Waals surface area contributed by atoms with Crippen LogP contribution in [0.4, 0.5) is 5.13 Å². The highest BCUT2D eigenvalue weighted by Crippen LogP contribution is 2.39. The Labute approximate surface area is 169 Å². The Bertz CT molecular complexity index is 1050. The molecule has 3 aromatic rings. The molecular weight excluding hydrogens is 398 g/mol. The van der Waals surface area contributed by atoms with E-state index in [0.29, 0.717) is 12.0 Å². The molecule has 2 N–H and O–H groups in total. The quantitative estimate of drug-likeness (QED) is 0.597. The minimum Gasteiger partial charge on any atom is -0.357 e. The largest absolute Gasteiger partial charge is 0.357 e. The molecule has 0 unspecified atom stereocenters. The smallest absolute Gasteiger partial charge is 0.259 e. The lowest BCUT2D eigenvalue weighted by Gasteiger charge is -2.17. The summed E-state index contributed by atoms with van der Waals surface area (Å²) in [4.78, 5) is 22.8. The molecule has 1 fully saturated rings. The summed E-state index contributed by atoms with van der Waals surface area (Å²) in [5, 5.41) is 13.6. The molecular formula is C18H21N5OS3. The highest BCUT2D eigenvalue weighted by Gasteiger charge is 2.25. The maximum atomic E-state index is 12.8. The van der Waals surface area contributed by atoms with Crippen LogP contribution in [-0.2, 0) is 12.8 Å². The Hall–Kier alpha value is -1.45. The van der Waals surface area contributed by atoms with Crippen LogP contribution in [0.5, 0.6) is 0 Å². The summed E-state index contributed by atoms with van der Waals surface area (Å²) in [6.07, 6.45) is 5.64. The van der Waals surface area contributed by atoms with Crippen molar-refractivity contribution in [3.63, 3.8) is 0 Å². The van der Waals surface area contributed by atoms with Crippen molar-refractivity contribution in [2.24, 2.45) is 5.92 Å². The molecule has 1 saturated carbocycles. The van der Waals surface area contributed by atoms with Crippen molar-refractivity contribution >= 4 is 49.8 Å². The number of nitrogens with one attached hydrogen (secondary N) is 2. The second-order valence-electron chi connectivity index (χ2n) is 7.53. The standard InChI is InChI=1S/C18H21N5OS3/c1-8-3-6-11-12(7-8)26-16-13(11)15(24)20-14(21-16)9(2)25-18-23-22-17(27-18)19-10-4-5-10/h8-10H,3-7H2,1-2H3,(H,19,22)(H,20,21,24)/t8-,9+/m1/s1. The van der Waals surface area contributed by atoms with E-state index in [1.807, 2.05) is 0 Å². The number of aryl methyl sites for hydroxylation is 1. The summed E-state index contributed by atoms with van der Waals surface area (Å²) < 4.78 is 0.896. The topological polar surface area (TPSA) is 83.6 Å². The van der Waals surface area contributed by atoms with E-state index in [1.54, 1.807) is 34.4 Å². The monoisotopic (exact) mass is 419 g/mol. The van der Waals surface area contributed by atoms with Gasteiger partial charge in [-0.3, -0.25) is 4.79 Å². The fraction of sp³-hybridized carbons (Fsp3) is 0.556. The maximum absolute atomic E-state index is 12.8. The lowest BCUT2D eigenvalue weighted by Crippen LogP contribution is -2.15. The Morgan fingerprint density at radius 3 is 2.93 bits per heavy atom. The molecule has 3 aromatic heterocycles. The maximum Gasteiger partial charge on any atom is 0.259 e. The van der Waals surface area contributed by atoms with Gasteiger partial charge in [-0.15, -0.1) is 21.5 Å². The zero-order chi connectivity index (χ0) is 18.5. The first kappa shape index (κ1) is 17.6. The van der Waals surface area contributed by atoms with Crippen molar-refractivity contribution in [1.29, 1.82) is 0 Å². The van der Waals surface area contributed by atoms with Gasteiger partial charge in [-0.2, -0.15) is 0 Å². The third kappa shape index (κ3) is 3.52. The van der Waals surface area contributed by atoms with E-state index in [4.69, 9.17) is 4.98 Å². The summed E-state index contributed by atoms with van der Waals surface area (Å²) in [6.45, 7) is 4.34. The van der Waals surface area contributed by atoms with Crippen LogP contribution in [0.2, 0.25) is 0 Å². The Balaban J connectivity index is 1.40. The molecule has 0 aromatic carbocycles. The number of hydrogen-bond acceptors (Lipinski definition) is 8. The van der Waals surface area contributed by atoms with Crippen molar-refractivity contribution in [2.75, 3.05) is 5.32 Å². The van der Waals surface area contributed by atoms with E-state index in [9.17, 15) is 4.79 Å². The number of fused-ring (bicyclic) bond motifs is 3. The van der Waals surface area contributed by atoms with Crippen LogP contribution < -0.4 is 10.9 Å². The number of hydrogen-bond donors (Lipinski definition) is 2. The molecule has 2 aliphatic carbocycles. The van der Waals surface area contributed by atoms with Crippen LogP contribution in [0.1, 0.15) is 54.6 Å². The molecule has 2 atom stereocenters. The average Bonchev–Trinajstić information content (AvgIpc) is 3.20. The van der Waals surface area contributed by atoms with Gasteiger partial charge in [-0.05, 0) is 50.5 Å². The Kier molecular flexibility index (Phi) is 4.48. The molecule has 142 valence electrons. The van der Waals surface area contributed by atoms with Crippen molar-refractivity contribution in [2.45, 2.75) is 61.6 Å². The first-order chi connectivity index (χ1) is 13.1. The van der Waals surface area contributed by atoms with Crippen molar-refractivity contribution in [3.05, 3.63) is 26.6 Å². The second kappa shape index (κ2) is 6.86. The average molecular weight is 420 g/mol. The molecule has 2 aliphatic rings. The van der Waals surface area contributed by atoms with Crippen LogP contribution in [0.15, 0.2) is 9.13 Å². The molecule has 5 rings (SSSR count). The predicted molar refractivity (Wildman–Crippen MR) is 112 cm³/mol. The second-order valence-corrected chi connectivity index (χ2v) is 11.2. The van der Waals surface area contributed by atoms with Gasteiger partial charge >= 0.3 is 0 Å². The van der Waals surface area contributed by atoms with Crippen LogP contribution in [0.25, 0.3) is 10.2 Å². The zero-order valence-corrected chi connectivity index (χ0v) is 17.7. The molecule has 0 spiro atoms. The lowest BCUT2D eigenvalue weighted by molar-refractivity contribution is 0.509. The first-order valence-electron chi connectivity index (χ1n) is 9.38. The van der Waals surface area contributed by atoms with Gasteiger partial charge in [0.1, 0.15) is 10.7 Å². The molecule has 27 heavy (non-hydrogen) atoms. The van der Waals surface area contributed by atoms with Crippen LogP contribution in [0.3, 0.4) is 0 Å². The minimum atomic E-state index is 0.00264. The van der Waals surface area contributed by atoms with E-state index in [1.165, 1.54) is 23.3 Å². The first-order valence-corrected chi connectivity index (χ1v) is 11.9. The molecule has 0 saturated heterocycles. The third-order valence-corrected chi connectivity index (χ3v) is 8.35. The molecule has 0 radical (unpaired) electrons. The Morgan fingerprint density at radius 1 is 1.26 bits per heavy atom. The lowest BCUT2D eigenvalue weighted by atomic mass is 9.89. The van der Waals surface area contributed by atoms with Gasteiger partial charge < -0.3 is 10.3 Å². The van der Waals surface area contributed by atoms with Crippen LogP contribution >= 0.6 is 34.4 Å². The SMILES string of the molecule is C[C@@H]1CCc2c(sc3nc([C@H](C)Sc4nnc(NC5CC5)s4)[nH]c(=O)c23)C1. The summed E-state index contributed by atoms with van der Waals surface area (Å²) in [7, 11) is 0. The van der Waals surface area contributed by atoms with Gasteiger partial charge in [0.2, 0.25) is 5.13 Å². The highest BCUT2D eigenvalue weighted by molar-refractivity contribution is 8.01. The molecule has 0 bridgehead atoms. The van der Waals surface area contributed by atoms with E-state index in [2.05, 4.69) is 34.3 Å². The normalized spacial score (nSPS) is 20.6. The number of nitrogens with zero attached hydrogens (tertiary/aromatic N) is 3. The van der Waals surface area contributed by atoms with Crippen molar-refractivity contribution < 1.29 is 0 Å². The zero-order valence-electron chi connectivity index (χ0n) is 15.2. The number of thiophene rings is 1. The fourth-order valence-electron chi connectivity index (χ4n) is 3.48. The van der Waals surface area contributed by atoms with E-state index in [0.717, 1.165) is 44.8 Å². The summed E-state index contributed by atoms with van der Waals surface area (Å²) in [6, 6.07) is 0.571. The van der Waals surface area contributed by atoms with E-state index < -0.39 is 0 Å². The Morgan fingerprint density at radius 2 is 2.11 bits per heavy atom.